The number of ether oxygens (including phenoxy) is 1. The van der Waals surface area contributed by atoms with Gasteiger partial charge >= 0.3 is 0 Å². The number of nitrogens with zero attached hydrogens (tertiary/aromatic N) is 2. The van der Waals surface area contributed by atoms with Crippen LogP contribution < -0.4 is 9.64 Å². The third-order valence-corrected chi connectivity index (χ3v) is 9.60. The highest BCUT2D eigenvalue weighted by molar-refractivity contribution is 7.91. The lowest BCUT2D eigenvalue weighted by Gasteiger charge is -2.39. The lowest BCUT2D eigenvalue weighted by atomic mass is 10.0. The average Bonchev–Trinajstić information content (AvgIpc) is 3.22. The number of aromatic nitrogens is 1. The monoisotopic (exact) mass is 492 g/mol. The predicted molar refractivity (Wildman–Crippen MR) is 135 cm³/mol. The van der Waals surface area contributed by atoms with Gasteiger partial charge < -0.3 is 9.64 Å². The molecular formula is C28H29FN2O3S. The van der Waals surface area contributed by atoms with E-state index in [1.165, 1.54) is 23.4 Å². The van der Waals surface area contributed by atoms with Crippen molar-refractivity contribution in [2.45, 2.75) is 38.0 Å². The number of anilines is 1. The van der Waals surface area contributed by atoms with Gasteiger partial charge in [0.2, 0.25) is 0 Å². The van der Waals surface area contributed by atoms with Crippen molar-refractivity contribution in [3.63, 3.8) is 0 Å². The van der Waals surface area contributed by atoms with E-state index in [1.807, 2.05) is 36.1 Å². The number of sulfone groups is 1. The molecule has 0 N–H and O–H groups in total. The van der Waals surface area contributed by atoms with E-state index in [-0.39, 0.29) is 17.7 Å². The fourth-order valence-electron chi connectivity index (χ4n) is 5.74. The molecule has 1 saturated carbocycles. The van der Waals surface area contributed by atoms with Crippen LogP contribution in [0.4, 0.5) is 10.2 Å². The van der Waals surface area contributed by atoms with E-state index in [0.717, 1.165) is 52.6 Å². The average molecular weight is 493 g/mol. The van der Waals surface area contributed by atoms with Gasteiger partial charge in [-0.15, -0.1) is 0 Å². The number of hydrogen-bond acceptors (Lipinski definition) is 5. The van der Waals surface area contributed by atoms with E-state index in [2.05, 4.69) is 24.0 Å². The van der Waals surface area contributed by atoms with Gasteiger partial charge in [-0.1, -0.05) is 19.1 Å². The van der Waals surface area contributed by atoms with Crippen molar-refractivity contribution in [1.82, 2.24) is 4.98 Å². The van der Waals surface area contributed by atoms with Gasteiger partial charge in [0.25, 0.3) is 0 Å². The second-order valence-corrected chi connectivity index (χ2v) is 12.7. The molecule has 0 bridgehead atoms. The Morgan fingerprint density at radius 3 is 2.66 bits per heavy atom. The Morgan fingerprint density at radius 1 is 1.11 bits per heavy atom. The highest BCUT2D eigenvalue weighted by Crippen LogP contribution is 2.61. The minimum absolute atomic E-state index is 0.160. The zero-order valence-electron chi connectivity index (χ0n) is 20.2. The third-order valence-electron chi connectivity index (χ3n) is 8.09. The van der Waals surface area contributed by atoms with E-state index in [9.17, 15) is 12.8 Å². The first kappa shape index (κ1) is 22.5. The first-order valence-electron chi connectivity index (χ1n) is 12.1. The van der Waals surface area contributed by atoms with Crippen LogP contribution in [0.15, 0.2) is 48.5 Å². The van der Waals surface area contributed by atoms with Crippen LogP contribution in [0.1, 0.15) is 35.2 Å². The topological polar surface area (TPSA) is 59.5 Å². The Morgan fingerprint density at radius 2 is 1.91 bits per heavy atom. The molecule has 3 aromatic rings. The molecule has 0 spiro atoms. The van der Waals surface area contributed by atoms with E-state index in [1.54, 1.807) is 6.07 Å². The predicted octanol–water partition coefficient (Wildman–Crippen LogP) is 4.91. The zero-order valence-corrected chi connectivity index (χ0v) is 21.0. The largest absolute Gasteiger partial charge is 0.489 e. The van der Waals surface area contributed by atoms with Crippen LogP contribution in [0.5, 0.6) is 5.75 Å². The van der Waals surface area contributed by atoms with Gasteiger partial charge in [0.1, 0.15) is 24.0 Å². The number of rotatable bonds is 6. The molecule has 0 radical (unpaired) electrons. The van der Waals surface area contributed by atoms with Crippen molar-refractivity contribution in [2.24, 2.45) is 11.8 Å². The highest BCUT2D eigenvalue weighted by Gasteiger charge is 2.52. The van der Waals surface area contributed by atoms with E-state index >= 15 is 0 Å². The van der Waals surface area contributed by atoms with Crippen LogP contribution in [0.25, 0.3) is 11.1 Å². The smallest absolute Gasteiger partial charge is 0.153 e. The summed E-state index contributed by atoms with van der Waals surface area (Å²) in [7, 11) is -3.03. The molecule has 182 valence electrons. The van der Waals surface area contributed by atoms with Crippen LogP contribution in [0, 0.1) is 24.6 Å². The fraction of sp³-hybridized carbons (Fsp3) is 0.393. The van der Waals surface area contributed by atoms with Crippen LogP contribution in [-0.2, 0) is 22.9 Å². The number of aryl methyl sites for hydroxylation is 1. The first-order valence-corrected chi connectivity index (χ1v) is 14.1. The van der Waals surface area contributed by atoms with Gasteiger partial charge in [0.05, 0.1) is 5.25 Å². The molecule has 3 atom stereocenters. The quantitative estimate of drug-likeness (QED) is 0.489. The molecular weight excluding hydrogens is 463 g/mol. The van der Waals surface area contributed by atoms with Crippen LogP contribution in [0.2, 0.25) is 0 Å². The summed E-state index contributed by atoms with van der Waals surface area (Å²) in [6.45, 7) is 5.33. The van der Waals surface area contributed by atoms with Crippen molar-refractivity contribution in [3.8, 4) is 16.9 Å². The number of benzene rings is 2. The molecule has 1 saturated heterocycles. The van der Waals surface area contributed by atoms with Crippen LogP contribution >= 0.6 is 0 Å². The van der Waals surface area contributed by atoms with Crippen molar-refractivity contribution < 1.29 is 17.5 Å². The van der Waals surface area contributed by atoms with Crippen LogP contribution in [-0.4, -0.2) is 38.0 Å². The SMILES string of the molecule is Cc1nc(N2CC(S(C)(=O)=O)C2)ccc1-c1ccc(F)c(COc2ccc3c(c2)C[C@H]2[C@H](C)[C@@H]32)c1. The second-order valence-electron chi connectivity index (χ2n) is 10.4. The van der Waals surface area contributed by atoms with Gasteiger partial charge in [-0.25, -0.2) is 17.8 Å². The molecule has 5 nitrogen and oxygen atoms in total. The molecule has 1 aromatic heterocycles. The van der Waals surface area contributed by atoms with Crippen molar-refractivity contribution in [1.29, 1.82) is 0 Å². The Bertz CT molecular complexity index is 1430. The van der Waals surface area contributed by atoms with Crippen molar-refractivity contribution in [2.75, 3.05) is 24.2 Å². The molecule has 2 aliphatic carbocycles. The van der Waals surface area contributed by atoms with E-state index in [4.69, 9.17) is 4.74 Å². The molecule has 0 amide bonds. The summed E-state index contributed by atoms with van der Waals surface area (Å²) in [5.41, 5.74) is 5.94. The lowest BCUT2D eigenvalue weighted by Crippen LogP contribution is -2.54. The molecule has 6 rings (SSSR count). The van der Waals surface area contributed by atoms with E-state index in [0.29, 0.717) is 18.7 Å². The molecule has 35 heavy (non-hydrogen) atoms. The van der Waals surface area contributed by atoms with Gasteiger partial charge in [-0.3, -0.25) is 0 Å². The molecule has 2 aromatic carbocycles. The second kappa shape index (κ2) is 8.05. The van der Waals surface area contributed by atoms with Gasteiger partial charge in [0.15, 0.2) is 9.84 Å². The zero-order chi connectivity index (χ0) is 24.5. The number of halogens is 1. The summed E-state index contributed by atoms with van der Waals surface area (Å²) >= 11 is 0. The van der Waals surface area contributed by atoms with Crippen LogP contribution in [0.3, 0.4) is 0 Å². The maximum Gasteiger partial charge on any atom is 0.153 e. The molecule has 0 unspecified atom stereocenters. The number of fused-ring (bicyclic) bond motifs is 3. The Balaban J connectivity index is 1.16. The number of pyridine rings is 1. The minimum Gasteiger partial charge on any atom is -0.489 e. The normalized spacial score (nSPS) is 23.0. The summed E-state index contributed by atoms with van der Waals surface area (Å²) < 4.78 is 44.0. The number of hydrogen-bond donors (Lipinski definition) is 0. The summed E-state index contributed by atoms with van der Waals surface area (Å²) in [4.78, 5) is 6.65. The molecule has 7 heteroatoms. The maximum absolute atomic E-state index is 14.6. The van der Waals surface area contributed by atoms with Gasteiger partial charge in [-0.2, -0.15) is 0 Å². The minimum atomic E-state index is -3.03. The van der Waals surface area contributed by atoms with Crippen molar-refractivity contribution in [3.05, 3.63) is 76.7 Å². The summed E-state index contributed by atoms with van der Waals surface area (Å²) in [6, 6.07) is 15.2. The summed E-state index contributed by atoms with van der Waals surface area (Å²) in [5, 5.41) is -0.330. The molecule has 2 fully saturated rings. The highest BCUT2D eigenvalue weighted by atomic mass is 32.2. The maximum atomic E-state index is 14.6. The Labute approximate surface area is 205 Å². The van der Waals surface area contributed by atoms with Gasteiger partial charge in [0, 0.05) is 36.2 Å². The molecule has 3 aliphatic rings. The van der Waals surface area contributed by atoms with Crippen molar-refractivity contribution >= 4 is 15.7 Å². The first-order chi connectivity index (χ1) is 16.7. The standard InChI is InChI=1S/C28H29FN2O3S/c1-16-25-12-19-11-21(5-6-24(19)28(16)25)34-15-20-10-18(4-8-26(20)29)23-7-9-27(30-17(23)2)31-13-22(14-31)35(3,32)33/h4-11,16,22,25,28H,12-15H2,1-3H3/t16-,25-,28-/m0/s1. The third kappa shape index (κ3) is 3.99. The lowest BCUT2D eigenvalue weighted by molar-refractivity contribution is 0.299. The molecule has 1 aliphatic heterocycles. The Kier molecular flexibility index (Phi) is 5.18. The van der Waals surface area contributed by atoms with Gasteiger partial charge in [-0.05, 0) is 84.2 Å². The molecule has 2 heterocycles. The van der Waals surface area contributed by atoms with E-state index < -0.39 is 9.84 Å². The summed E-state index contributed by atoms with van der Waals surface area (Å²) in [5.74, 6) is 3.57. The Hall–Kier alpha value is -2.93. The summed E-state index contributed by atoms with van der Waals surface area (Å²) in [6.07, 6.45) is 2.40. The fourth-order valence-corrected chi connectivity index (χ4v) is 6.64.